The van der Waals surface area contributed by atoms with Crippen molar-refractivity contribution in [2.75, 3.05) is 18.5 Å². The maximum absolute atomic E-state index is 12.3. The zero-order valence-electron chi connectivity index (χ0n) is 20.7. The van der Waals surface area contributed by atoms with Gasteiger partial charge in [0.1, 0.15) is 5.75 Å². The van der Waals surface area contributed by atoms with Crippen molar-refractivity contribution in [3.05, 3.63) is 114 Å². The van der Waals surface area contributed by atoms with Crippen LogP contribution >= 0.6 is 0 Å². The second-order valence-electron chi connectivity index (χ2n) is 8.39. The van der Waals surface area contributed by atoms with E-state index in [1.54, 1.807) is 24.5 Å². The lowest BCUT2D eigenvalue weighted by molar-refractivity contribution is 0.0956. The number of ether oxygens (including phenoxy) is 1. The van der Waals surface area contributed by atoms with Gasteiger partial charge in [0.2, 0.25) is 0 Å². The van der Waals surface area contributed by atoms with Crippen LogP contribution in [0.4, 0.5) is 10.5 Å². The molecule has 0 aliphatic rings. The highest BCUT2D eigenvalue weighted by Gasteiger charge is 2.09. The second kappa shape index (κ2) is 12.9. The molecular weight excluding hydrogens is 464 g/mol. The molecule has 0 radical (unpaired) electrons. The van der Waals surface area contributed by atoms with Gasteiger partial charge in [-0.3, -0.25) is 9.78 Å². The van der Waals surface area contributed by atoms with E-state index in [0.29, 0.717) is 37.4 Å². The summed E-state index contributed by atoms with van der Waals surface area (Å²) in [6.07, 6.45) is 4.12. The van der Waals surface area contributed by atoms with E-state index >= 15 is 0 Å². The number of amides is 3. The lowest BCUT2D eigenvalue weighted by Crippen LogP contribution is -2.28. The number of urea groups is 1. The van der Waals surface area contributed by atoms with E-state index in [4.69, 9.17) is 4.74 Å². The summed E-state index contributed by atoms with van der Waals surface area (Å²) in [4.78, 5) is 28.4. The van der Waals surface area contributed by atoms with Gasteiger partial charge >= 0.3 is 6.03 Å². The molecule has 0 spiro atoms. The van der Waals surface area contributed by atoms with Crippen LogP contribution in [0.2, 0.25) is 0 Å². The predicted octanol–water partition coefficient (Wildman–Crippen LogP) is 5.44. The number of hydrogen-bond donors (Lipinski definition) is 3. The first-order chi connectivity index (χ1) is 18.1. The molecule has 0 aliphatic heterocycles. The van der Waals surface area contributed by atoms with Crippen molar-refractivity contribution in [3.63, 3.8) is 0 Å². The summed E-state index contributed by atoms with van der Waals surface area (Å²) in [5.74, 6) is 0.645. The zero-order chi connectivity index (χ0) is 25.9. The standard InChI is InChI=1S/C30H30N4O3/c1-2-32-29(35)25-10-5-9-24(19-25)28-11-4-3-8-23(28)16-18-37-27-14-12-26(13-15-27)34-30(36)33-21-22-7-6-17-31-20-22/h3-15,17,19-20H,2,16,18,21H2,1H3,(H,32,35)(H2,33,34,36). The average molecular weight is 495 g/mol. The molecule has 0 saturated heterocycles. The van der Waals surface area contributed by atoms with Crippen LogP contribution in [0.1, 0.15) is 28.4 Å². The summed E-state index contributed by atoms with van der Waals surface area (Å²) in [7, 11) is 0. The predicted molar refractivity (Wildman–Crippen MR) is 146 cm³/mol. The van der Waals surface area contributed by atoms with Crippen LogP contribution in [-0.2, 0) is 13.0 Å². The van der Waals surface area contributed by atoms with Crippen LogP contribution in [0.15, 0.2) is 97.3 Å². The largest absolute Gasteiger partial charge is 0.493 e. The normalized spacial score (nSPS) is 10.4. The molecule has 4 aromatic rings. The quantitative estimate of drug-likeness (QED) is 0.274. The Kier molecular flexibility index (Phi) is 8.86. The molecule has 0 aliphatic carbocycles. The van der Waals surface area contributed by atoms with Crippen LogP contribution in [0.5, 0.6) is 5.75 Å². The summed E-state index contributed by atoms with van der Waals surface area (Å²) in [5.41, 5.74) is 5.46. The van der Waals surface area contributed by atoms with Crippen LogP contribution < -0.4 is 20.7 Å². The summed E-state index contributed by atoms with van der Waals surface area (Å²) in [6, 6.07) is 26.5. The van der Waals surface area contributed by atoms with Gasteiger partial charge in [-0.15, -0.1) is 0 Å². The molecule has 0 bridgehead atoms. The second-order valence-corrected chi connectivity index (χ2v) is 8.39. The SMILES string of the molecule is CCNC(=O)c1cccc(-c2ccccc2CCOc2ccc(NC(=O)NCc3cccnc3)cc2)c1. The van der Waals surface area contributed by atoms with Crippen molar-refractivity contribution < 1.29 is 14.3 Å². The van der Waals surface area contributed by atoms with Crippen molar-refractivity contribution >= 4 is 17.6 Å². The van der Waals surface area contributed by atoms with E-state index in [-0.39, 0.29) is 11.9 Å². The first kappa shape index (κ1) is 25.4. The fraction of sp³-hybridized carbons (Fsp3) is 0.167. The topological polar surface area (TPSA) is 92.4 Å². The third-order valence-electron chi connectivity index (χ3n) is 5.72. The molecule has 3 N–H and O–H groups in total. The van der Waals surface area contributed by atoms with E-state index < -0.39 is 0 Å². The fourth-order valence-corrected chi connectivity index (χ4v) is 3.88. The monoisotopic (exact) mass is 494 g/mol. The highest BCUT2D eigenvalue weighted by molar-refractivity contribution is 5.95. The Balaban J connectivity index is 1.30. The Labute approximate surface area is 216 Å². The number of pyridine rings is 1. The van der Waals surface area contributed by atoms with Crippen LogP contribution in [0.25, 0.3) is 11.1 Å². The molecule has 0 fully saturated rings. The summed E-state index contributed by atoms with van der Waals surface area (Å²) < 4.78 is 5.96. The first-order valence-corrected chi connectivity index (χ1v) is 12.3. The van der Waals surface area contributed by atoms with Gasteiger partial charge in [-0.2, -0.15) is 0 Å². The maximum Gasteiger partial charge on any atom is 0.319 e. The minimum Gasteiger partial charge on any atom is -0.493 e. The Morgan fingerprint density at radius 1 is 0.892 bits per heavy atom. The smallest absolute Gasteiger partial charge is 0.319 e. The number of anilines is 1. The van der Waals surface area contributed by atoms with Gasteiger partial charge in [-0.05, 0) is 71.6 Å². The van der Waals surface area contributed by atoms with Gasteiger partial charge in [-0.1, -0.05) is 42.5 Å². The van der Waals surface area contributed by atoms with E-state index in [1.165, 1.54) is 0 Å². The number of carbonyl (C=O) groups is 2. The Morgan fingerprint density at radius 2 is 1.73 bits per heavy atom. The number of nitrogens with one attached hydrogen (secondary N) is 3. The van der Waals surface area contributed by atoms with E-state index in [1.807, 2.05) is 67.6 Å². The number of rotatable bonds is 10. The van der Waals surface area contributed by atoms with Crippen LogP contribution in [0, 0.1) is 0 Å². The minimum absolute atomic E-state index is 0.0749. The maximum atomic E-state index is 12.3. The van der Waals surface area contributed by atoms with Gasteiger partial charge in [0.15, 0.2) is 0 Å². The number of benzene rings is 3. The number of hydrogen-bond acceptors (Lipinski definition) is 4. The van der Waals surface area contributed by atoms with Gasteiger partial charge in [-0.25, -0.2) is 4.79 Å². The Hall–Kier alpha value is -4.65. The van der Waals surface area contributed by atoms with E-state index in [9.17, 15) is 9.59 Å². The lowest BCUT2D eigenvalue weighted by atomic mass is 9.96. The molecule has 7 heteroatoms. The number of aromatic nitrogens is 1. The van der Waals surface area contributed by atoms with Crippen LogP contribution in [0.3, 0.4) is 0 Å². The molecule has 7 nitrogen and oxygen atoms in total. The molecule has 1 aromatic heterocycles. The lowest BCUT2D eigenvalue weighted by Gasteiger charge is -2.12. The molecule has 0 unspecified atom stereocenters. The van der Waals surface area contributed by atoms with Crippen molar-refractivity contribution in [1.82, 2.24) is 15.6 Å². The Bertz CT molecular complexity index is 1320. The van der Waals surface area contributed by atoms with Crippen molar-refractivity contribution in [2.45, 2.75) is 19.9 Å². The van der Waals surface area contributed by atoms with Gasteiger partial charge in [0, 0.05) is 43.2 Å². The van der Waals surface area contributed by atoms with Gasteiger partial charge in [0.05, 0.1) is 6.61 Å². The molecule has 0 saturated carbocycles. The number of nitrogens with zero attached hydrogens (tertiary/aromatic N) is 1. The Morgan fingerprint density at radius 3 is 2.51 bits per heavy atom. The number of carbonyl (C=O) groups excluding carboxylic acids is 2. The molecule has 4 rings (SSSR count). The van der Waals surface area contributed by atoms with Crippen molar-refractivity contribution in [1.29, 1.82) is 0 Å². The van der Waals surface area contributed by atoms with Crippen molar-refractivity contribution in [3.8, 4) is 16.9 Å². The first-order valence-electron chi connectivity index (χ1n) is 12.3. The third kappa shape index (κ3) is 7.41. The highest BCUT2D eigenvalue weighted by Crippen LogP contribution is 2.25. The average Bonchev–Trinajstić information content (AvgIpc) is 2.94. The molecule has 1 heterocycles. The molecule has 3 aromatic carbocycles. The van der Waals surface area contributed by atoms with Crippen molar-refractivity contribution in [2.24, 2.45) is 0 Å². The molecular formula is C30H30N4O3. The molecule has 0 atom stereocenters. The third-order valence-corrected chi connectivity index (χ3v) is 5.72. The fourth-order valence-electron chi connectivity index (χ4n) is 3.88. The van der Waals surface area contributed by atoms with Crippen LogP contribution in [-0.4, -0.2) is 30.1 Å². The summed E-state index contributed by atoms with van der Waals surface area (Å²) >= 11 is 0. The summed E-state index contributed by atoms with van der Waals surface area (Å²) in [6.45, 7) is 3.39. The van der Waals surface area contributed by atoms with Gasteiger partial charge in [0.25, 0.3) is 5.91 Å². The molecule has 3 amide bonds. The van der Waals surface area contributed by atoms with Gasteiger partial charge < -0.3 is 20.7 Å². The van der Waals surface area contributed by atoms with E-state index in [2.05, 4.69) is 33.1 Å². The molecule has 37 heavy (non-hydrogen) atoms. The summed E-state index contributed by atoms with van der Waals surface area (Å²) in [5, 5.41) is 8.47. The van der Waals surface area contributed by atoms with E-state index in [0.717, 1.165) is 28.0 Å². The highest BCUT2D eigenvalue weighted by atomic mass is 16.5. The zero-order valence-corrected chi connectivity index (χ0v) is 20.7. The molecule has 188 valence electrons. The minimum atomic E-state index is -0.287.